The van der Waals surface area contributed by atoms with Crippen molar-refractivity contribution in [1.82, 2.24) is 10.2 Å². The highest BCUT2D eigenvalue weighted by Gasteiger charge is 2.22. The molecule has 2 heterocycles. The van der Waals surface area contributed by atoms with Gasteiger partial charge in [-0.05, 0) is 51.2 Å². The van der Waals surface area contributed by atoms with Gasteiger partial charge in [-0.15, -0.1) is 0 Å². The smallest absolute Gasteiger partial charge is 0.0710 e. The van der Waals surface area contributed by atoms with Crippen molar-refractivity contribution in [2.75, 3.05) is 39.8 Å². The molecule has 3 heteroatoms. The molecule has 1 N–H and O–H groups in total. The van der Waals surface area contributed by atoms with Crippen LogP contribution in [0.5, 0.6) is 0 Å². The minimum atomic E-state index is 0.495. The Labute approximate surface area is 93.2 Å². The van der Waals surface area contributed by atoms with Crippen LogP contribution in [0.25, 0.3) is 0 Å². The molecule has 2 atom stereocenters. The number of hydrogen-bond donors (Lipinski definition) is 1. The third-order valence-electron chi connectivity index (χ3n) is 3.81. The average Bonchev–Trinajstić information content (AvgIpc) is 2.76. The van der Waals surface area contributed by atoms with E-state index in [-0.39, 0.29) is 0 Å². The lowest BCUT2D eigenvalue weighted by atomic mass is 9.96. The van der Waals surface area contributed by atoms with Gasteiger partial charge in [0.2, 0.25) is 0 Å². The lowest BCUT2D eigenvalue weighted by molar-refractivity contribution is 0.107. The standard InChI is InChI=1S/C12H24N2O/c1-15-12-5-8-14(10-12)7-4-11-3-2-6-13-9-11/h11-13H,2-10H2,1H3. The largest absolute Gasteiger partial charge is 0.380 e. The molecule has 0 aliphatic carbocycles. The predicted octanol–water partition coefficient (Wildman–Crippen LogP) is 1.10. The minimum Gasteiger partial charge on any atom is -0.380 e. The maximum atomic E-state index is 5.38. The van der Waals surface area contributed by atoms with E-state index in [0.29, 0.717) is 6.10 Å². The van der Waals surface area contributed by atoms with Gasteiger partial charge >= 0.3 is 0 Å². The van der Waals surface area contributed by atoms with Crippen molar-refractivity contribution in [3.8, 4) is 0 Å². The number of rotatable bonds is 4. The van der Waals surface area contributed by atoms with E-state index < -0.39 is 0 Å². The van der Waals surface area contributed by atoms with E-state index in [0.717, 1.165) is 12.5 Å². The van der Waals surface area contributed by atoms with Gasteiger partial charge in [0.15, 0.2) is 0 Å². The summed E-state index contributed by atoms with van der Waals surface area (Å²) in [6, 6.07) is 0. The molecule has 0 aromatic carbocycles. The zero-order valence-corrected chi connectivity index (χ0v) is 9.87. The fourth-order valence-electron chi connectivity index (χ4n) is 2.73. The van der Waals surface area contributed by atoms with Crippen molar-refractivity contribution < 1.29 is 4.74 Å². The average molecular weight is 212 g/mol. The van der Waals surface area contributed by atoms with Crippen molar-refractivity contribution in [2.45, 2.75) is 31.8 Å². The number of likely N-dealkylation sites (tertiary alicyclic amines) is 1. The van der Waals surface area contributed by atoms with Crippen molar-refractivity contribution in [2.24, 2.45) is 5.92 Å². The molecule has 0 spiro atoms. The second-order valence-corrected chi connectivity index (χ2v) is 4.95. The highest BCUT2D eigenvalue weighted by atomic mass is 16.5. The third-order valence-corrected chi connectivity index (χ3v) is 3.81. The predicted molar refractivity (Wildman–Crippen MR) is 62.1 cm³/mol. The Morgan fingerprint density at radius 2 is 2.33 bits per heavy atom. The Hall–Kier alpha value is -0.120. The van der Waals surface area contributed by atoms with Crippen LogP contribution in [0.1, 0.15) is 25.7 Å². The van der Waals surface area contributed by atoms with Gasteiger partial charge in [0.05, 0.1) is 6.10 Å². The molecule has 0 bridgehead atoms. The van der Waals surface area contributed by atoms with Crippen LogP contribution in [0.2, 0.25) is 0 Å². The van der Waals surface area contributed by atoms with E-state index in [1.165, 1.54) is 51.9 Å². The number of nitrogens with one attached hydrogen (secondary N) is 1. The van der Waals surface area contributed by atoms with Crippen LogP contribution in [-0.4, -0.2) is 50.8 Å². The van der Waals surface area contributed by atoms with Gasteiger partial charge in [-0.3, -0.25) is 0 Å². The first-order chi connectivity index (χ1) is 7.38. The monoisotopic (exact) mass is 212 g/mol. The summed E-state index contributed by atoms with van der Waals surface area (Å²) in [5.41, 5.74) is 0. The molecule has 88 valence electrons. The lowest BCUT2D eigenvalue weighted by Gasteiger charge is -2.25. The van der Waals surface area contributed by atoms with E-state index in [9.17, 15) is 0 Å². The number of hydrogen-bond acceptors (Lipinski definition) is 3. The number of nitrogens with zero attached hydrogens (tertiary/aromatic N) is 1. The topological polar surface area (TPSA) is 24.5 Å². The highest BCUT2D eigenvalue weighted by Crippen LogP contribution is 2.17. The van der Waals surface area contributed by atoms with E-state index in [1.54, 1.807) is 0 Å². The molecule has 2 aliphatic rings. The molecule has 2 unspecified atom stereocenters. The van der Waals surface area contributed by atoms with Gasteiger partial charge in [-0.25, -0.2) is 0 Å². The molecule has 2 saturated heterocycles. The maximum Gasteiger partial charge on any atom is 0.0710 e. The van der Waals surface area contributed by atoms with Crippen LogP contribution in [0.3, 0.4) is 0 Å². The van der Waals surface area contributed by atoms with Gasteiger partial charge in [-0.1, -0.05) is 0 Å². The first-order valence-corrected chi connectivity index (χ1v) is 6.34. The zero-order valence-electron chi connectivity index (χ0n) is 9.87. The molecular formula is C12H24N2O. The fourth-order valence-corrected chi connectivity index (χ4v) is 2.73. The van der Waals surface area contributed by atoms with Crippen LogP contribution < -0.4 is 5.32 Å². The molecule has 0 amide bonds. The molecule has 2 rings (SSSR count). The number of piperidine rings is 1. The van der Waals surface area contributed by atoms with E-state index >= 15 is 0 Å². The molecule has 0 aromatic rings. The summed E-state index contributed by atoms with van der Waals surface area (Å²) < 4.78 is 5.38. The molecular weight excluding hydrogens is 188 g/mol. The summed E-state index contributed by atoms with van der Waals surface area (Å²) in [4.78, 5) is 2.56. The van der Waals surface area contributed by atoms with Crippen LogP contribution >= 0.6 is 0 Å². The summed E-state index contributed by atoms with van der Waals surface area (Å²) in [6.45, 7) is 6.12. The highest BCUT2D eigenvalue weighted by molar-refractivity contribution is 4.77. The van der Waals surface area contributed by atoms with E-state index in [1.807, 2.05) is 7.11 Å². The van der Waals surface area contributed by atoms with E-state index in [4.69, 9.17) is 4.74 Å². The second-order valence-electron chi connectivity index (χ2n) is 4.95. The molecule has 2 fully saturated rings. The minimum absolute atomic E-state index is 0.495. The lowest BCUT2D eigenvalue weighted by Crippen LogP contribution is -2.33. The first kappa shape index (κ1) is 11.4. The van der Waals surface area contributed by atoms with Crippen LogP contribution in [0.15, 0.2) is 0 Å². The van der Waals surface area contributed by atoms with Gasteiger partial charge in [0.25, 0.3) is 0 Å². The van der Waals surface area contributed by atoms with Crippen LogP contribution in [0.4, 0.5) is 0 Å². The SMILES string of the molecule is COC1CCN(CCC2CCCNC2)C1. The molecule has 2 aliphatic heterocycles. The second kappa shape index (κ2) is 5.83. The van der Waals surface area contributed by atoms with Gasteiger partial charge in [0, 0.05) is 20.2 Å². The Balaban J connectivity index is 1.61. The number of methoxy groups -OCH3 is 1. The number of ether oxygens (including phenoxy) is 1. The summed E-state index contributed by atoms with van der Waals surface area (Å²) in [5.74, 6) is 0.917. The van der Waals surface area contributed by atoms with Crippen molar-refractivity contribution in [1.29, 1.82) is 0 Å². The van der Waals surface area contributed by atoms with Crippen LogP contribution in [-0.2, 0) is 4.74 Å². The van der Waals surface area contributed by atoms with Crippen molar-refractivity contribution in [3.05, 3.63) is 0 Å². The van der Waals surface area contributed by atoms with Crippen LogP contribution in [0, 0.1) is 5.92 Å². The molecule has 0 saturated carbocycles. The molecule has 0 aromatic heterocycles. The maximum absolute atomic E-state index is 5.38. The molecule has 3 nitrogen and oxygen atoms in total. The van der Waals surface area contributed by atoms with Crippen molar-refractivity contribution >= 4 is 0 Å². The fraction of sp³-hybridized carbons (Fsp3) is 1.00. The van der Waals surface area contributed by atoms with Gasteiger partial charge < -0.3 is 15.0 Å². The summed E-state index contributed by atoms with van der Waals surface area (Å²) in [6.07, 6.45) is 5.87. The Bertz CT molecular complexity index is 180. The third kappa shape index (κ3) is 3.44. The first-order valence-electron chi connectivity index (χ1n) is 6.34. The Morgan fingerprint density at radius 3 is 3.00 bits per heavy atom. The summed E-state index contributed by atoms with van der Waals surface area (Å²) >= 11 is 0. The summed E-state index contributed by atoms with van der Waals surface area (Å²) in [5, 5.41) is 3.49. The Morgan fingerprint density at radius 1 is 1.40 bits per heavy atom. The quantitative estimate of drug-likeness (QED) is 0.755. The van der Waals surface area contributed by atoms with Gasteiger partial charge in [0.1, 0.15) is 0 Å². The zero-order chi connectivity index (χ0) is 10.5. The van der Waals surface area contributed by atoms with E-state index in [2.05, 4.69) is 10.2 Å². The normalized spacial score (nSPS) is 33.4. The van der Waals surface area contributed by atoms with Crippen molar-refractivity contribution in [3.63, 3.8) is 0 Å². The van der Waals surface area contributed by atoms with Gasteiger partial charge in [-0.2, -0.15) is 0 Å². The molecule has 0 radical (unpaired) electrons. The Kier molecular flexibility index (Phi) is 4.42. The summed E-state index contributed by atoms with van der Waals surface area (Å²) in [7, 11) is 1.83. The molecule has 15 heavy (non-hydrogen) atoms.